The number of hydrogen-bond donors (Lipinski definition) is 2. The molecule has 1 amide bonds. The van der Waals surface area contributed by atoms with Crippen LogP contribution in [0.15, 0.2) is 24.3 Å². The zero-order valence-electron chi connectivity index (χ0n) is 12.3. The van der Waals surface area contributed by atoms with E-state index in [1.807, 2.05) is 25.1 Å². The maximum atomic E-state index is 12.2. The van der Waals surface area contributed by atoms with E-state index in [1.54, 1.807) is 0 Å². The van der Waals surface area contributed by atoms with Crippen molar-refractivity contribution in [2.24, 2.45) is 11.7 Å². The summed E-state index contributed by atoms with van der Waals surface area (Å²) in [5, 5.41) is 3.05. The topological polar surface area (TPSA) is 58.4 Å². The van der Waals surface area contributed by atoms with Crippen LogP contribution >= 0.6 is 0 Å². The van der Waals surface area contributed by atoms with E-state index >= 15 is 0 Å². The molecule has 0 bridgehead atoms. The summed E-state index contributed by atoms with van der Waals surface area (Å²) in [4.78, 5) is 14.6. The first-order valence-electron chi connectivity index (χ1n) is 7.61. The van der Waals surface area contributed by atoms with Gasteiger partial charge >= 0.3 is 0 Å². The van der Waals surface area contributed by atoms with E-state index in [2.05, 4.69) is 16.3 Å². The van der Waals surface area contributed by atoms with Crippen molar-refractivity contribution in [3.8, 4) is 0 Å². The zero-order chi connectivity index (χ0) is 14.4. The molecule has 1 fully saturated rings. The molecular formula is C16H25N3O. The molecule has 20 heavy (non-hydrogen) atoms. The molecule has 0 radical (unpaired) electrons. The van der Waals surface area contributed by atoms with Crippen molar-refractivity contribution in [3.05, 3.63) is 24.3 Å². The van der Waals surface area contributed by atoms with Crippen molar-refractivity contribution in [3.63, 3.8) is 0 Å². The molecule has 0 aromatic heterocycles. The van der Waals surface area contributed by atoms with Gasteiger partial charge in [0.15, 0.2) is 0 Å². The van der Waals surface area contributed by atoms with Crippen LogP contribution in [0.5, 0.6) is 0 Å². The van der Waals surface area contributed by atoms with E-state index in [0.29, 0.717) is 6.54 Å². The number of benzene rings is 1. The fraction of sp³-hybridized carbons (Fsp3) is 0.562. The third-order valence-electron chi connectivity index (χ3n) is 4.01. The summed E-state index contributed by atoms with van der Waals surface area (Å²) >= 11 is 0. The molecule has 2 rings (SSSR count). The maximum Gasteiger partial charge on any atom is 0.228 e. The molecule has 110 valence electrons. The van der Waals surface area contributed by atoms with Crippen LogP contribution in [0.25, 0.3) is 0 Å². The number of nitrogens with one attached hydrogen (secondary N) is 1. The fourth-order valence-electron chi connectivity index (χ4n) is 2.68. The number of para-hydroxylation sites is 2. The predicted octanol–water partition coefficient (Wildman–Crippen LogP) is 2.60. The maximum absolute atomic E-state index is 12.2. The van der Waals surface area contributed by atoms with Gasteiger partial charge in [-0.25, -0.2) is 0 Å². The number of piperidine rings is 1. The standard InChI is InChI=1S/C16H25N3O/c1-2-13(12-17)16(20)18-14-8-4-5-9-15(14)19-10-6-3-7-11-19/h4-5,8-9,13H,2-3,6-7,10-12,17H2,1H3,(H,18,20). The number of rotatable bonds is 5. The third kappa shape index (κ3) is 3.51. The average molecular weight is 275 g/mol. The van der Waals surface area contributed by atoms with Crippen molar-refractivity contribution in [1.29, 1.82) is 0 Å². The van der Waals surface area contributed by atoms with Crippen LogP contribution in [-0.4, -0.2) is 25.5 Å². The molecule has 1 atom stereocenters. The normalized spacial score (nSPS) is 16.8. The van der Waals surface area contributed by atoms with Crippen LogP contribution in [0.4, 0.5) is 11.4 Å². The molecule has 0 aliphatic carbocycles. The lowest BCUT2D eigenvalue weighted by Gasteiger charge is -2.30. The van der Waals surface area contributed by atoms with E-state index in [0.717, 1.165) is 30.9 Å². The highest BCUT2D eigenvalue weighted by molar-refractivity contribution is 5.96. The van der Waals surface area contributed by atoms with Crippen LogP contribution in [0.1, 0.15) is 32.6 Å². The smallest absolute Gasteiger partial charge is 0.228 e. The molecule has 0 spiro atoms. The number of hydrogen-bond acceptors (Lipinski definition) is 3. The van der Waals surface area contributed by atoms with Crippen molar-refractivity contribution < 1.29 is 4.79 Å². The van der Waals surface area contributed by atoms with Gasteiger partial charge in [0, 0.05) is 19.6 Å². The van der Waals surface area contributed by atoms with E-state index in [1.165, 1.54) is 19.3 Å². The van der Waals surface area contributed by atoms with Gasteiger partial charge in [-0.2, -0.15) is 0 Å². The summed E-state index contributed by atoms with van der Waals surface area (Å²) < 4.78 is 0. The molecule has 4 heteroatoms. The van der Waals surface area contributed by atoms with Crippen LogP contribution in [0.3, 0.4) is 0 Å². The van der Waals surface area contributed by atoms with Gasteiger partial charge in [0.05, 0.1) is 17.3 Å². The molecule has 4 nitrogen and oxygen atoms in total. The first kappa shape index (κ1) is 14.9. The second-order valence-corrected chi connectivity index (χ2v) is 5.39. The quantitative estimate of drug-likeness (QED) is 0.868. The second-order valence-electron chi connectivity index (χ2n) is 5.39. The minimum Gasteiger partial charge on any atom is -0.370 e. The summed E-state index contributed by atoms with van der Waals surface area (Å²) in [6.07, 6.45) is 4.52. The van der Waals surface area contributed by atoms with E-state index < -0.39 is 0 Å². The molecule has 1 heterocycles. The lowest BCUT2D eigenvalue weighted by Crippen LogP contribution is -2.32. The first-order chi connectivity index (χ1) is 9.76. The van der Waals surface area contributed by atoms with Gasteiger partial charge in [0.25, 0.3) is 0 Å². The van der Waals surface area contributed by atoms with E-state index in [9.17, 15) is 4.79 Å². The molecule has 1 aromatic rings. The summed E-state index contributed by atoms with van der Waals surface area (Å²) in [6, 6.07) is 8.06. The Bertz CT molecular complexity index is 437. The van der Waals surface area contributed by atoms with Gasteiger partial charge in [0.1, 0.15) is 0 Å². The molecule has 1 aliphatic rings. The number of nitrogens with two attached hydrogens (primary N) is 1. The Morgan fingerprint density at radius 2 is 2.00 bits per heavy atom. The van der Waals surface area contributed by atoms with Crippen LogP contribution in [-0.2, 0) is 4.79 Å². The Kier molecular flexibility index (Phi) is 5.41. The summed E-state index contributed by atoms with van der Waals surface area (Å²) in [5.41, 5.74) is 7.69. The number of carbonyl (C=O) groups excluding carboxylic acids is 1. The van der Waals surface area contributed by atoms with Gasteiger partial charge in [-0.1, -0.05) is 19.1 Å². The zero-order valence-corrected chi connectivity index (χ0v) is 12.3. The highest BCUT2D eigenvalue weighted by Crippen LogP contribution is 2.28. The lowest BCUT2D eigenvalue weighted by molar-refractivity contribution is -0.119. The minimum atomic E-state index is -0.107. The summed E-state index contributed by atoms with van der Waals surface area (Å²) in [7, 11) is 0. The molecule has 0 saturated carbocycles. The van der Waals surface area contributed by atoms with Gasteiger partial charge < -0.3 is 16.0 Å². The van der Waals surface area contributed by atoms with Crippen molar-refractivity contribution in [2.45, 2.75) is 32.6 Å². The van der Waals surface area contributed by atoms with Gasteiger partial charge in [-0.3, -0.25) is 4.79 Å². The van der Waals surface area contributed by atoms with Gasteiger partial charge in [0.2, 0.25) is 5.91 Å². The first-order valence-corrected chi connectivity index (χ1v) is 7.61. The predicted molar refractivity (Wildman–Crippen MR) is 84.0 cm³/mol. The molecule has 1 unspecified atom stereocenters. The Morgan fingerprint density at radius 1 is 1.30 bits per heavy atom. The Hall–Kier alpha value is -1.55. The van der Waals surface area contributed by atoms with Crippen LogP contribution in [0, 0.1) is 5.92 Å². The van der Waals surface area contributed by atoms with Crippen LogP contribution < -0.4 is 16.0 Å². The Balaban J connectivity index is 2.13. The minimum absolute atomic E-state index is 0.0273. The lowest BCUT2D eigenvalue weighted by atomic mass is 10.1. The fourth-order valence-corrected chi connectivity index (χ4v) is 2.68. The highest BCUT2D eigenvalue weighted by atomic mass is 16.1. The SMILES string of the molecule is CCC(CN)C(=O)Nc1ccccc1N1CCCCC1. The number of carbonyl (C=O) groups is 1. The molecule has 1 aliphatic heterocycles. The molecular weight excluding hydrogens is 250 g/mol. The van der Waals surface area contributed by atoms with Gasteiger partial charge in [-0.15, -0.1) is 0 Å². The largest absolute Gasteiger partial charge is 0.370 e. The molecule has 3 N–H and O–H groups in total. The van der Waals surface area contributed by atoms with Crippen LogP contribution in [0.2, 0.25) is 0 Å². The number of amides is 1. The third-order valence-corrected chi connectivity index (χ3v) is 4.01. The van der Waals surface area contributed by atoms with Crippen molar-refractivity contribution in [1.82, 2.24) is 0 Å². The highest BCUT2D eigenvalue weighted by Gasteiger charge is 2.18. The summed E-state index contributed by atoms with van der Waals surface area (Å²) in [5.74, 6) is -0.0797. The van der Waals surface area contributed by atoms with E-state index in [-0.39, 0.29) is 11.8 Å². The Labute approximate surface area is 121 Å². The average Bonchev–Trinajstić information content (AvgIpc) is 2.50. The molecule has 1 aromatic carbocycles. The number of anilines is 2. The molecule has 1 saturated heterocycles. The monoisotopic (exact) mass is 275 g/mol. The number of nitrogens with zero attached hydrogens (tertiary/aromatic N) is 1. The van der Waals surface area contributed by atoms with E-state index in [4.69, 9.17) is 5.73 Å². The summed E-state index contributed by atoms with van der Waals surface area (Å²) in [6.45, 7) is 4.53. The van der Waals surface area contributed by atoms with Gasteiger partial charge in [-0.05, 0) is 37.8 Å². The Morgan fingerprint density at radius 3 is 2.65 bits per heavy atom. The van der Waals surface area contributed by atoms with Crippen molar-refractivity contribution >= 4 is 17.3 Å². The second kappa shape index (κ2) is 7.29. The van der Waals surface area contributed by atoms with Crippen molar-refractivity contribution in [2.75, 3.05) is 29.9 Å².